The Morgan fingerprint density at radius 1 is 1.00 bits per heavy atom. The van der Waals surface area contributed by atoms with Crippen molar-refractivity contribution in [3.63, 3.8) is 0 Å². The molecular weight excluding hydrogens is 253 g/mol. The molecule has 0 aliphatic carbocycles. The minimum Gasteiger partial charge on any atom is -0.360 e. The Morgan fingerprint density at radius 3 is 2.50 bits per heavy atom. The van der Waals surface area contributed by atoms with E-state index >= 15 is 0 Å². The fourth-order valence-corrected chi connectivity index (χ4v) is 2.38. The van der Waals surface area contributed by atoms with Gasteiger partial charge in [0.25, 0.3) is 0 Å². The largest absolute Gasteiger partial charge is 0.360 e. The maximum atomic E-state index is 13.9. The first-order valence-corrected chi connectivity index (χ1v) is 6.45. The van der Waals surface area contributed by atoms with Gasteiger partial charge in [-0.2, -0.15) is 0 Å². The zero-order valence-corrected chi connectivity index (χ0v) is 11.3. The fourth-order valence-electron chi connectivity index (χ4n) is 2.38. The van der Waals surface area contributed by atoms with Gasteiger partial charge in [0.2, 0.25) is 0 Å². The number of carbonyl (C=O) groups excluding carboxylic acids is 1. The van der Waals surface area contributed by atoms with Crippen LogP contribution in [0.25, 0.3) is 10.9 Å². The Hall–Kier alpha value is -2.42. The van der Waals surface area contributed by atoms with Gasteiger partial charge in [-0.05, 0) is 38.1 Å². The SMILES string of the molecule is Cc1ccc(F)c(C(=O)c2c[nH]c3ccc(C)cc23)c1. The van der Waals surface area contributed by atoms with E-state index in [0.29, 0.717) is 5.56 Å². The van der Waals surface area contributed by atoms with Gasteiger partial charge in [0, 0.05) is 22.7 Å². The summed E-state index contributed by atoms with van der Waals surface area (Å²) in [5.74, 6) is -0.773. The first kappa shape index (κ1) is 12.6. The van der Waals surface area contributed by atoms with Crippen LogP contribution < -0.4 is 0 Å². The summed E-state index contributed by atoms with van der Waals surface area (Å²) in [4.78, 5) is 15.6. The Balaban J connectivity index is 2.17. The van der Waals surface area contributed by atoms with Crippen LogP contribution in [-0.4, -0.2) is 10.8 Å². The van der Waals surface area contributed by atoms with E-state index in [1.165, 1.54) is 6.07 Å². The second-order valence-electron chi connectivity index (χ2n) is 5.06. The zero-order chi connectivity index (χ0) is 14.3. The lowest BCUT2D eigenvalue weighted by Crippen LogP contribution is -2.04. The molecule has 1 N–H and O–H groups in total. The number of aromatic nitrogens is 1. The summed E-state index contributed by atoms with van der Waals surface area (Å²) < 4.78 is 13.9. The summed E-state index contributed by atoms with van der Waals surface area (Å²) >= 11 is 0. The molecule has 2 aromatic carbocycles. The van der Waals surface area contributed by atoms with Crippen LogP contribution in [0.2, 0.25) is 0 Å². The minimum atomic E-state index is -0.484. The van der Waals surface area contributed by atoms with E-state index < -0.39 is 5.82 Å². The van der Waals surface area contributed by atoms with Crippen LogP contribution in [0.3, 0.4) is 0 Å². The number of H-pyrrole nitrogens is 1. The lowest BCUT2D eigenvalue weighted by atomic mass is 10.00. The fraction of sp³-hybridized carbons (Fsp3) is 0.118. The lowest BCUT2D eigenvalue weighted by Gasteiger charge is -2.03. The lowest BCUT2D eigenvalue weighted by molar-refractivity contribution is 0.103. The van der Waals surface area contributed by atoms with E-state index in [1.54, 1.807) is 18.3 Å². The van der Waals surface area contributed by atoms with Gasteiger partial charge in [-0.3, -0.25) is 4.79 Å². The van der Waals surface area contributed by atoms with E-state index in [2.05, 4.69) is 4.98 Å². The number of fused-ring (bicyclic) bond motifs is 1. The van der Waals surface area contributed by atoms with Gasteiger partial charge in [-0.15, -0.1) is 0 Å². The molecule has 0 unspecified atom stereocenters. The predicted molar refractivity (Wildman–Crippen MR) is 77.6 cm³/mol. The molecule has 0 bridgehead atoms. The number of hydrogen-bond donors (Lipinski definition) is 1. The maximum absolute atomic E-state index is 13.9. The van der Waals surface area contributed by atoms with Crippen LogP contribution in [0.4, 0.5) is 4.39 Å². The van der Waals surface area contributed by atoms with Gasteiger partial charge in [0.05, 0.1) is 5.56 Å². The number of ketones is 1. The average Bonchev–Trinajstić information content (AvgIpc) is 2.83. The number of rotatable bonds is 2. The van der Waals surface area contributed by atoms with E-state index in [1.807, 2.05) is 32.0 Å². The normalized spacial score (nSPS) is 10.9. The third-order valence-corrected chi connectivity index (χ3v) is 3.45. The second-order valence-corrected chi connectivity index (χ2v) is 5.06. The second kappa shape index (κ2) is 4.60. The molecule has 0 atom stereocenters. The van der Waals surface area contributed by atoms with E-state index in [-0.39, 0.29) is 11.3 Å². The van der Waals surface area contributed by atoms with Crippen LogP contribution >= 0.6 is 0 Å². The standard InChI is InChI=1S/C17H14FNO/c1-10-3-5-15(18)13(8-10)17(20)14-9-19-16-6-4-11(2)7-12(14)16/h3-9,19H,1-2H3. The summed E-state index contributed by atoms with van der Waals surface area (Å²) in [6.45, 7) is 3.81. The molecule has 0 saturated carbocycles. The van der Waals surface area contributed by atoms with Crippen molar-refractivity contribution >= 4 is 16.7 Å². The molecule has 0 saturated heterocycles. The van der Waals surface area contributed by atoms with E-state index in [0.717, 1.165) is 22.0 Å². The van der Waals surface area contributed by atoms with Gasteiger partial charge in [0.15, 0.2) is 5.78 Å². The van der Waals surface area contributed by atoms with Gasteiger partial charge in [-0.25, -0.2) is 4.39 Å². The predicted octanol–water partition coefficient (Wildman–Crippen LogP) is 4.15. The first-order chi connectivity index (χ1) is 9.56. The van der Waals surface area contributed by atoms with Gasteiger partial charge < -0.3 is 4.98 Å². The number of benzene rings is 2. The van der Waals surface area contributed by atoms with Crippen molar-refractivity contribution in [1.82, 2.24) is 4.98 Å². The third-order valence-electron chi connectivity index (χ3n) is 3.45. The summed E-state index contributed by atoms with van der Waals surface area (Å²) in [5.41, 5.74) is 3.44. The Labute approximate surface area is 116 Å². The Morgan fingerprint density at radius 2 is 1.70 bits per heavy atom. The number of aromatic amines is 1. The zero-order valence-electron chi connectivity index (χ0n) is 11.3. The molecule has 0 radical (unpaired) electrons. The molecule has 2 nitrogen and oxygen atoms in total. The molecule has 3 heteroatoms. The molecule has 1 aromatic heterocycles. The van der Waals surface area contributed by atoms with Crippen LogP contribution in [-0.2, 0) is 0 Å². The monoisotopic (exact) mass is 267 g/mol. The summed E-state index contributed by atoms with van der Waals surface area (Å²) in [7, 11) is 0. The van der Waals surface area contributed by atoms with Crippen LogP contribution in [0.1, 0.15) is 27.0 Å². The molecule has 0 amide bonds. The molecule has 3 aromatic rings. The number of carbonyl (C=O) groups is 1. The highest BCUT2D eigenvalue weighted by molar-refractivity contribution is 6.16. The van der Waals surface area contributed by atoms with Crippen molar-refractivity contribution in [1.29, 1.82) is 0 Å². The molecular formula is C17H14FNO. The topological polar surface area (TPSA) is 32.9 Å². The minimum absolute atomic E-state index is 0.118. The Kier molecular flexibility index (Phi) is 2.90. The van der Waals surface area contributed by atoms with E-state index in [9.17, 15) is 9.18 Å². The summed E-state index contributed by atoms with van der Waals surface area (Å²) in [6, 6.07) is 10.4. The number of aryl methyl sites for hydroxylation is 2. The van der Waals surface area contributed by atoms with Crippen molar-refractivity contribution < 1.29 is 9.18 Å². The highest BCUT2D eigenvalue weighted by Crippen LogP contribution is 2.23. The van der Waals surface area contributed by atoms with Gasteiger partial charge in [-0.1, -0.05) is 23.3 Å². The van der Waals surface area contributed by atoms with Gasteiger partial charge in [0.1, 0.15) is 5.82 Å². The van der Waals surface area contributed by atoms with Crippen LogP contribution in [0.5, 0.6) is 0 Å². The maximum Gasteiger partial charge on any atom is 0.198 e. The molecule has 0 aliphatic rings. The van der Waals surface area contributed by atoms with E-state index in [4.69, 9.17) is 0 Å². The van der Waals surface area contributed by atoms with Crippen molar-refractivity contribution in [3.8, 4) is 0 Å². The molecule has 3 rings (SSSR count). The summed E-state index contributed by atoms with van der Waals surface area (Å²) in [5, 5.41) is 0.830. The molecule has 0 spiro atoms. The van der Waals surface area contributed by atoms with Crippen molar-refractivity contribution in [2.45, 2.75) is 13.8 Å². The molecule has 1 heterocycles. The number of nitrogens with one attached hydrogen (secondary N) is 1. The quantitative estimate of drug-likeness (QED) is 0.695. The van der Waals surface area contributed by atoms with Gasteiger partial charge >= 0.3 is 0 Å². The number of hydrogen-bond acceptors (Lipinski definition) is 1. The molecule has 100 valence electrons. The first-order valence-electron chi connectivity index (χ1n) is 6.45. The molecule has 0 fully saturated rings. The highest BCUT2D eigenvalue weighted by atomic mass is 19.1. The molecule has 0 aliphatic heterocycles. The van der Waals surface area contributed by atoms with Crippen LogP contribution in [0, 0.1) is 19.7 Å². The van der Waals surface area contributed by atoms with Crippen LogP contribution in [0.15, 0.2) is 42.6 Å². The molecule has 20 heavy (non-hydrogen) atoms. The third kappa shape index (κ3) is 2.01. The average molecular weight is 267 g/mol. The highest BCUT2D eigenvalue weighted by Gasteiger charge is 2.17. The van der Waals surface area contributed by atoms with Crippen molar-refractivity contribution in [3.05, 3.63) is 70.7 Å². The van der Waals surface area contributed by atoms with Crippen molar-refractivity contribution in [2.24, 2.45) is 0 Å². The smallest absolute Gasteiger partial charge is 0.198 e. The van der Waals surface area contributed by atoms with Crippen molar-refractivity contribution in [2.75, 3.05) is 0 Å². The number of halogens is 1. The summed E-state index contributed by atoms with van der Waals surface area (Å²) in [6.07, 6.45) is 1.65. The Bertz CT molecular complexity index is 817.